The molecule has 0 aromatic rings. The summed E-state index contributed by atoms with van der Waals surface area (Å²) >= 11 is 0. The average molecular weight is 244 g/mol. The van der Waals surface area contributed by atoms with Crippen molar-refractivity contribution < 1.29 is 31.3 Å². The molecule has 0 saturated heterocycles. The molecule has 86 valence electrons. The third-order valence-corrected chi connectivity index (χ3v) is 2.21. The fourth-order valence-electron chi connectivity index (χ4n) is 0.477. The molecule has 15 heavy (non-hydrogen) atoms. The van der Waals surface area contributed by atoms with Gasteiger partial charge in [0.1, 0.15) is 6.61 Å². The van der Waals surface area contributed by atoms with Gasteiger partial charge in [-0.2, -0.15) is 4.52 Å². The molecule has 0 rings (SSSR count). The number of terminal acetylenes is 1. The fourth-order valence-corrected chi connectivity index (χ4v) is 1.43. The van der Waals surface area contributed by atoms with E-state index in [9.17, 15) is 17.7 Å². The largest absolute Gasteiger partial charge is 0.531 e. The lowest BCUT2D eigenvalue weighted by Crippen LogP contribution is -2.14. The Labute approximate surface area is 84.6 Å². The summed E-state index contributed by atoms with van der Waals surface area (Å²) in [5, 5.41) is 0. The lowest BCUT2D eigenvalue weighted by molar-refractivity contribution is -0.283. The first-order chi connectivity index (χ1) is 6.83. The lowest BCUT2D eigenvalue weighted by atomic mass is 10.7. The summed E-state index contributed by atoms with van der Waals surface area (Å²) in [7, 11) is -4.71. The summed E-state index contributed by atoms with van der Waals surface area (Å²) in [6, 6.07) is 0. The maximum atomic E-state index is 11.8. The number of phosphoric acid groups is 1. The van der Waals surface area contributed by atoms with E-state index in [1.165, 1.54) is 0 Å². The summed E-state index contributed by atoms with van der Waals surface area (Å²) in [6.45, 7) is 2.12. The van der Waals surface area contributed by atoms with E-state index < -0.39 is 27.4 Å². The monoisotopic (exact) mass is 244 g/mol. The SMILES string of the molecule is C#CCOP(=O)(OCC=C)OC(F)(F)F. The zero-order chi connectivity index (χ0) is 11.9. The van der Waals surface area contributed by atoms with Crippen molar-refractivity contribution in [3.63, 3.8) is 0 Å². The van der Waals surface area contributed by atoms with Gasteiger partial charge in [-0.05, 0) is 0 Å². The summed E-state index contributed by atoms with van der Waals surface area (Å²) in [4.78, 5) is 0. The van der Waals surface area contributed by atoms with Crippen LogP contribution in [0.2, 0.25) is 0 Å². The van der Waals surface area contributed by atoms with Crippen LogP contribution in [-0.2, 0) is 18.1 Å². The van der Waals surface area contributed by atoms with E-state index in [0.29, 0.717) is 0 Å². The Morgan fingerprint density at radius 1 is 1.47 bits per heavy atom. The maximum absolute atomic E-state index is 11.8. The van der Waals surface area contributed by atoms with Gasteiger partial charge in [-0.25, -0.2) is 4.57 Å². The van der Waals surface area contributed by atoms with E-state index in [2.05, 4.69) is 20.2 Å². The summed E-state index contributed by atoms with van der Waals surface area (Å²) < 4.78 is 58.1. The van der Waals surface area contributed by atoms with Gasteiger partial charge >= 0.3 is 14.2 Å². The highest BCUT2D eigenvalue weighted by atomic mass is 31.2. The quantitative estimate of drug-likeness (QED) is 0.409. The molecule has 0 saturated carbocycles. The van der Waals surface area contributed by atoms with Crippen LogP contribution in [0, 0.1) is 12.3 Å². The zero-order valence-corrected chi connectivity index (χ0v) is 8.38. The van der Waals surface area contributed by atoms with Crippen LogP contribution in [0.15, 0.2) is 12.7 Å². The van der Waals surface area contributed by atoms with E-state index >= 15 is 0 Å². The predicted octanol–water partition coefficient (Wildman–Crippen LogP) is 2.48. The standard InChI is InChI=1S/C7H8F3O4P/c1-3-5-12-15(11,13-6-4-2)14-7(8,9)10/h1,4H,2,5-6H2. The minimum atomic E-state index is -5.13. The second-order valence-corrected chi connectivity index (χ2v) is 3.64. The van der Waals surface area contributed by atoms with Crippen LogP contribution in [0.4, 0.5) is 13.2 Å². The third kappa shape index (κ3) is 7.17. The number of halogens is 3. The van der Waals surface area contributed by atoms with Crippen molar-refractivity contribution in [3.8, 4) is 12.3 Å². The van der Waals surface area contributed by atoms with E-state index in [-0.39, 0.29) is 0 Å². The van der Waals surface area contributed by atoms with Gasteiger partial charge in [0.2, 0.25) is 0 Å². The zero-order valence-electron chi connectivity index (χ0n) is 7.49. The van der Waals surface area contributed by atoms with Crippen LogP contribution in [0.5, 0.6) is 0 Å². The number of hydrogen-bond donors (Lipinski definition) is 0. The molecule has 0 bridgehead atoms. The van der Waals surface area contributed by atoms with Gasteiger partial charge in [0.15, 0.2) is 0 Å². The van der Waals surface area contributed by atoms with Crippen LogP contribution in [-0.4, -0.2) is 19.6 Å². The van der Waals surface area contributed by atoms with Crippen LogP contribution in [0.1, 0.15) is 0 Å². The Morgan fingerprint density at radius 3 is 2.47 bits per heavy atom. The molecule has 1 atom stereocenters. The third-order valence-electron chi connectivity index (χ3n) is 0.872. The van der Waals surface area contributed by atoms with E-state index in [0.717, 1.165) is 6.08 Å². The van der Waals surface area contributed by atoms with Crippen LogP contribution in [0.3, 0.4) is 0 Å². The van der Waals surface area contributed by atoms with Crippen molar-refractivity contribution in [1.82, 2.24) is 0 Å². The van der Waals surface area contributed by atoms with E-state index in [1.54, 1.807) is 0 Å². The van der Waals surface area contributed by atoms with Crippen molar-refractivity contribution in [2.24, 2.45) is 0 Å². The van der Waals surface area contributed by atoms with Crippen molar-refractivity contribution >= 4 is 7.82 Å². The summed E-state index contributed by atoms with van der Waals surface area (Å²) in [6.07, 6.45) is 0.675. The molecule has 0 spiro atoms. The smallest absolute Gasteiger partial charge is 0.283 e. The Kier molecular flexibility index (Phi) is 5.61. The van der Waals surface area contributed by atoms with Crippen molar-refractivity contribution in [2.45, 2.75) is 6.36 Å². The van der Waals surface area contributed by atoms with Gasteiger partial charge in [0.05, 0.1) is 6.61 Å². The molecule has 0 N–H and O–H groups in total. The maximum Gasteiger partial charge on any atom is 0.531 e. The molecule has 0 heterocycles. The van der Waals surface area contributed by atoms with E-state index in [1.807, 2.05) is 5.92 Å². The van der Waals surface area contributed by atoms with E-state index in [4.69, 9.17) is 6.42 Å². The Morgan fingerprint density at radius 2 is 2.07 bits per heavy atom. The second-order valence-electron chi connectivity index (χ2n) is 2.05. The van der Waals surface area contributed by atoms with Gasteiger partial charge in [-0.1, -0.05) is 12.0 Å². The molecular formula is C7H8F3O4P. The van der Waals surface area contributed by atoms with Crippen molar-refractivity contribution in [1.29, 1.82) is 0 Å². The van der Waals surface area contributed by atoms with Crippen LogP contribution >= 0.6 is 7.82 Å². The minimum Gasteiger partial charge on any atom is -0.283 e. The van der Waals surface area contributed by atoms with Gasteiger partial charge in [-0.3, -0.25) is 9.05 Å². The van der Waals surface area contributed by atoms with Crippen molar-refractivity contribution in [2.75, 3.05) is 13.2 Å². The number of hydrogen-bond acceptors (Lipinski definition) is 4. The topological polar surface area (TPSA) is 44.8 Å². The molecule has 0 amide bonds. The Hall–Kier alpha value is -0.800. The highest BCUT2D eigenvalue weighted by Crippen LogP contribution is 2.53. The second kappa shape index (κ2) is 5.93. The molecule has 0 aliphatic heterocycles. The van der Waals surface area contributed by atoms with Gasteiger partial charge in [-0.15, -0.1) is 26.2 Å². The average Bonchev–Trinajstić information content (AvgIpc) is 2.09. The molecule has 0 radical (unpaired) electrons. The van der Waals surface area contributed by atoms with Crippen molar-refractivity contribution in [3.05, 3.63) is 12.7 Å². The molecule has 0 aliphatic carbocycles. The number of rotatable bonds is 6. The molecule has 0 aromatic carbocycles. The van der Waals surface area contributed by atoms with Crippen LogP contribution < -0.4 is 0 Å². The highest BCUT2D eigenvalue weighted by Gasteiger charge is 2.42. The predicted molar refractivity (Wildman–Crippen MR) is 45.7 cm³/mol. The molecule has 0 aliphatic rings. The molecule has 0 aromatic heterocycles. The molecule has 1 unspecified atom stereocenters. The minimum absolute atomic E-state index is 0.419. The lowest BCUT2D eigenvalue weighted by Gasteiger charge is -2.16. The number of phosphoric ester groups is 1. The summed E-state index contributed by atoms with van der Waals surface area (Å²) in [5.74, 6) is 1.84. The first-order valence-electron chi connectivity index (χ1n) is 3.54. The van der Waals surface area contributed by atoms with Crippen LogP contribution in [0.25, 0.3) is 0 Å². The first-order valence-corrected chi connectivity index (χ1v) is 5.00. The fraction of sp³-hybridized carbons (Fsp3) is 0.429. The van der Waals surface area contributed by atoms with Gasteiger partial charge in [0.25, 0.3) is 0 Å². The number of alkyl halides is 3. The Bertz CT molecular complexity index is 294. The molecule has 4 nitrogen and oxygen atoms in total. The highest BCUT2D eigenvalue weighted by molar-refractivity contribution is 7.48. The van der Waals surface area contributed by atoms with Gasteiger partial charge in [0, 0.05) is 0 Å². The Balaban J connectivity index is 4.48. The van der Waals surface area contributed by atoms with Gasteiger partial charge < -0.3 is 0 Å². The molecule has 0 fully saturated rings. The molecular weight excluding hydrogens is 236 g/mol. The summed E-state index contributed by atoms with van der Waals surface area (Å²) in [5.41, 5.74) is 0. The normalized spacial score (nSPS) is 15.3. The molecule has 8 heteroatoms. The first kappa shape index (κ1) is 14.2.